The Balaban J connectivity index is 2.03. The van der Waals surface area contributed by atoms with Crippen LogP contribution in [0.15, 0.2) is 6.20 Å². The maximum absolute atomic E-state index is 13.0. The van der Waals surface area contributed by atoms with Crippen molar-refractivity contribution in [3.05, 3.63) is 12.0 Å². The molecule has 5 heteroatoms. The van der Waals surface area contributed by atoms with Crippen LogP contribution in [-0.4, -0.2) is 16.5 Å². The Bertz CT molecular complexity index is 311. The van der Waals surface area contributed by atoms with E-state index in [0.717, 1.165) is 12.7 Å². The molecule has 1 aliphatic carbocycles. The van der Waals surface area contributed by atoms with Gasteiger partial charge in [-0.15, -0.1) is 0 Å². The van der Waals surface area contributed by atoms with E-state index in [1.165, 1.54) is 12.8 Å². The number of aromatic nitrogens is 2. The van der Waals surface area contributed by atoms with E-state index >= 15 is 0 Å². The van der Waals surface area contributed by atoms with Gasteiger partial charge in [0.05, 0.1) is 6.20 Å². The fraction of sp³-hybridized carbons (Fsp3) is 0.500. The third-order valence-corrected chi connectivity index (χ3v) is 2.02. The average molecular weight is 182 g/mol. The molecule has 3 N–H and O–H groups in total. The minimum atomic E-state index is -0.449. The number of nitrogen functional groups attached to an aromatic ring is 1. The third kappa shape index (κ3) is 2.05. The highest BCUT2D eigenvalue weighted by atomic mass is 19.1. The number of hydrogen-bond donors (Lipinski definition) is 2. The lowest BCUT2D eigenvalue weighted by atomic mass is 10.4. The number of anilines is 2. The Hall–Kier alpha value is -1.39. The van der Waals surface area contributed by atoms with Crippen LogP contribution in [0.25, 0.3) is 0 Å². The highest BCUT2D eigenvalue weighted by molar-refractivity contribution is 5.39. The number of halogens is 1. The summed E-state index contributed by atoms with van der Waals surface area (Å²) in [5.74, 6) is 0.532. The predicted molar refractivity (Wildman–Crippen MR) is 47.6 cm³/mol. The maximum atomic E-state index is 13.0. The van der Waals surface area contributed by atoms with Gasteiger partial charge in [-0.1, -0.05) is 0 Å². The number of hydrogen-bond acceptors (Lipinski definition) is 4. The van der Waals surface area contributed by atoms with Gasteiger partial charge in [0.25, 0.3) is 0 Å². The first-order chi connectivity index (χ1) is 6.25. The van der Waals surface area contributed by atoms with Gasteiger partial charge in [0, 0.05) is 6.54 Å². The molecule has 0 saturated heterocycles. The Morgan fingerprint density at radius 2 is 2.38 bits per heavy atom. The smallest absolute Gasteiger partial charge is 0.222 e. The van der Waals surface area contributed by atoms with E-state index in [4.69, 9.17) is 5.73 Å². The molecule has 0 unspecified atom stereocenters. The van der Waals surface area contributed by atoms with Gasteiger partial charge >= 0.3 is 0 Å². The number of nitrogens with two attached hydrogens (primary N) is 1. The van der Waals surface area contributed by atoms with Gasteiger partial charge in [0.1, 0.15) is 0 Å². The summed E-state index contributed by atoms with van der Waals surface area (Å²) in [5.41, 5.74) is 5.32. The molecule has 0 atom stereocenters. The van der Waals surface area contributed by atoms with Crippen molar-refractivity contribution in [1.82, 2.24) is 9.97 Å². The lowest BCUT2D eigenvalue weighted by Gasteiger charge is -2.04. The van der Waals surface area contributed by atoms with Crippen LogP contribution in [-0.2, 0) is 0 Å². The SMILES string of the molecule is Nc1ncc(F)c(NCC2CC2)n1. The first-order valence-electron chi connectivity index (χ1n) is 4.27. The van der Waals surface area contributed by atoms with Gasteiger partial charge in [-0.3, -0.25) is 0 Å². The minimum absolute atomic E-state index is 0.0969. The van der Waals surface area contributed by atoms with Crippen molar-refractivity contribution >= 4 is 11.8 Å². The van der Waals surface area contributed by atoms with Crippen molar-refractivity contribution in [1.29, 1.82) is 0 Å². The topological polar surface area (TPSA) is 63.8 Å². The van der Waals surface area contributed by atoms with Crippen LogP contribution in [0.3, 0.4) is 0 Å². The van der Waals surface area contributed by atoms with E-state index in [1.807, 2.05) is 0 Å². The molecule has 0 amide bonds. The molecule has 0 spiro atoms. The fourth-order valence-electron chi connectivity index (χ4n) is 1.07. The average Bonchev–Trinajstić information content (AvgIpc) is 2.90. The molecular weight excluding hydrogens is 171 g/mol. The third-order valence-electron chi connectivity index (χ3n) is 2.02. The van der Waals surface area contributed by atoms with Crippen molar-refractivity contribution in [2.24, 2.45) is 5.92 Å². The van der Waals surface area contributed by atoms with E-state index < -0.39 is 5.82 Å². The van der Waals surface area contributed by atoms with Crippen LogP contribution in [0.1, 0.15) is 12.8 Å². The van der Waals surface area contributed by atoms with Crippen molar-refractivity contribution in [2.45, 2.75) is 12.8 Å². The van der Waals surface area contributed by atoms with E-state index in [9.17, 15) is 4.39 Å². The van der Waals surface area contributed by atoms with E-state index in [0.29, 0.717) is 5.92 Å². The summed E-state index contributed by atoms with van der Waals surface area (Å²) in [7, 11) is 0. The Morgan fingerprint density at radius 3 is 3.08 bits per heavy atom. The van der Waals surface area contributed by atoms with Crippen molar-refractivity contribution in [2.75, 3.05) is 17.6 Å². The molecule has 0 radical (unpaired) electrons. The number of rotatable bonds is 3. The fourth-order valence-corrected chi connectivity index (χ4v) is 1.07. The zero-order valence-corrected chi connectivity index (χ0v) is 7.13. The monoisotopic (exact) mass is 182 g/mol. The second-order valence-corrected chi connectivity index (χ2v) is 3.25. The zero-order chi connectivity index (χ0) is 9.26. The lowest BCUT2D eigenvalue weighted by Crippen LogP contribution is -2.08. The highest BCUT2D eigenvalue weighted by Crippen LogP contribution is 2.28. The summed E-state index contributed by atoms with van der Waals surface area (Å²) in [5, 5.41) is 2.91. The highest BCUT2D eigenvalue weighted by Gasteiger charge is 2.21. The molecule has 1 heterocycles. The van der Waals surface area contributed by atoms with E-state index in [1.54, 1.807) is 0 Å². The van der Waals surface area contributed by atoms with Crippen LogP contribution in [0.4, 0.5) is 16.2 Å². The summed E-state index contributed by atoms with van der Waals surface area (Å²) in [4.78, 5) is 7.29. The first kappa shape index (κ1) is 8.22. The number of nitrogens with one attached hydrogen (secondary N) is 1. The van der Waals surface area contributed by atoms with Gasteiger partial charge in [-0.05, 0) is 18.8 Å². The van der Waals surface area contributed by atoms with E-state index in [-0.39, 0.29) is 11.8 Å². The molecule has 1 aromatic heterocycles. The van der Waals surface area contributed by atoms with Gasteiger partial charge < -0.3 is 11.1 Å². The van der Waals surface area contributed by atoms with Gasteiger partial charge in [-0.2, -0.15) is 4.98 Å². The molecule has 1 fully saturated rings. The Morgan fingerprint density at radius 1 is 1.62 bits per heavy atom. The molecule has 70 valence electrons. The normalized spacial score (nSPS) is 15.8. The van der Waals surface area contributed by atoms with Gasteiger partial charge in [0.15, 0.2) is 11.6 Å². The predicted octanol–water partition coefficient (Wildman–Crippen LogP) is 1.02. The summed E-state index contributed by atoms with van der Waals surface area (Å²) in [6.45, 7) is 0.771. The largest absolute Gasteiger partial charge is 0.368 e. The molecule has 0 aliphatic heterocycles. The van der Waals surface area contributed by atoms with Crippen molar-refractivity contribution in [3.63, 3.8) is 0 Å². The van der Waals surface area contributed by atoms with Crippen LogP contribution < -0.4 is 11.1 Å². The van der Waals surface area contributed by atoms with Gasteiger partial charge in [-0.25, -0.2) is 9.37 Å². The Labute approximate surface area is 75.4 Å². The van der Waals surface area contributed by atoms with Crippen LogP contribution >= 0.6 is 0 Å². The van der Waals surface area contributed by atoms with Crippen LogP contribution in [0, 0.1) is 11.7 Å². The first-order valence-corrected chi connectivity index (χ1v) is 4.27. The molecule has 1 saturated carbocycles. The summed E-state index contributed by atoms with van der Waals surface area (Å²) in [6, 6.07) is 0. The molecule has 13 heavy (non-hydrogen) atoms. The molecule has 1 aliphatic rings. The lowest BCUT2D eigenvalue weighted by molar-refractivity contribution is 0.616. The summed E-state index contributed by atoms with van der Waals surface area (Å²) in [6.07, 6.45) is 3.52. The maximum Gasteiger partial charge on any atom is 0.222 e. The molecule has 4 nitrogen and oxygen atoms in total. The molecular formula is C8H11FN4. The van der Waals surface area contributed by atoms with Crippen LogP contribution in [0.2, 0.25) is 0 Å². The summed E-state index contributed by atoms with van der Waals surface area (Å²) < 4.78 is 13.0. The zero-order valence-electron chi connectivity index (χ0n) is 7.13. The van der Waals surface area contributed by atoms with Crippen molar-refractivity contribution in [3.8, 4) is 0 Å². The molecule has 0 bridgehead atoms. The quantitative estimate of drug-likeness (QED) is 0.732. The van der Waals surface area contributed by atoms with Gasteiger partial charge in [0.2, 0.25) is 5.95 Å². The Kier molecular flexibility index (Phi) is 2.00. The molecule has 2 rings (SSSR count). The number of nitrogens with zero attached hydrogens (tertiary/aromatic N) is 2. The van der Waals surface area contributed by atoms with Crippen LogP contribution in [0.5, 0.6) is 0 Å². The molecule has 1 aromatic rings. The molecule has 0 aromatic carbocycles. The minimum Gasteiger partial charge on any atom is -0.368 e. The second kappa shape index (κ2) is 3.16. The second-order valence-electron chi connectivity index (χ2n) is 3.25. The summed E-state index contributed by atoms with van der Waals surface area (Å²) >= 11 is 0. The van der Waals surface area contributed by atoms with Crippen molar-refractivity contribution < 1.29 is 4.39 Å². The van der Waals surface area contributed by atoms with E-state index in [2.05, 4.69) is 15.3 Å². The standard InChI is InChI=1S/C8H11FN4/c9-6-4-12-8(10)13-7(6)11-3-5-1-2-5/h4-5H,1-3H2,(H3,10,11,12,13).